The molecule has 0 aliphatic carbocycles. The van der Waals surface area contributed by atoms with Crippen LogP contribution in [0.1, 0.15) is 18.9 Å². The summed E-state index contributed by atoms with van der Waals surface area (Å²) in [5.74, 6) is -0.406. The van der Waals surface area contributed by atoms with Crippen LogP contribution in [0.3, 0.4) is 0 Å². The molecule has 3 aromatic rings. The van der Waals surface area contributed by atoms with Crippen molar-refractivity contribution in [3.63, 3.8) is 0 Å². The Morgan fingerprint density at radius 2 is 2.00 bits per heavy atom. The summed E-state index contributed by atoms with van der Waals surface area (Å²) >= 11 is 6.24. The number of H-pyrrole nitrogens is 1. The van der Waals surface area contributed by atoms with Crippen molar-refractivity contribution < 1.29 is 13.9 Å². The Hall–Kier alpha value is -2.74. The Kier molecular flexibility index (Phi) is 5.72. The van der Waals surface area contributed by atoms with Crippen LogP contribution in [0.15, 0.2) is 47.4 Å². The maximum atomic E-state index is 13.5. The van der Waals surface area contributed by atoms with Crippen LogP contribution in [0.2, 0.25) is 5.02 Å². The predicted octanol–water partition coefficient (Wildman–Crippen LogP) is 3.81. The molecule has 1 aromatic heterocycles. The molecular formula is C25H25ClFN3O3. The number of likely N-dealkylation sites (tertiary alicyclic amines) is 2. The number of carbonyl (C=O) groups excluding carboxylic acids is 1. The van der Waals surface area contributed by atoms with Crippen molar-refractivity contribution in [1.82, 2.24) is 14.8 Å². The number of carbonyl (C=O) groups is 1. The van der Waals surface area contributed by atoms with E-state index in [1.165, 1.54) is 12.1 Å². The first-order valence-electron chi connectivity index (χ1n) is 11.0. The summed E-state index contributed by atoms with van der Waals surface area (Å²) in [6.45, 7) is 3.66. The van der Waals surface area contributed by atoms with Crippen LogP contribution >= 0.6 is 11.6 Å². The maximum absolute atomic E-state index is 13.5. The smallest absolute Gasteiger partial charge is 0.255 e. The molecule has 3 heterocycles. The predicted molar refractivity (Wildman–Crippen MR) is 126 cm³/mol. The zero-order valence-electron chi connectivity index (χ0n) is 18.5. The minimum absolute atomic E-state index is 0.0162. The number of amides is 1. The van der Waals surface area contributed by atoms with E-state index < -0.39 is 11.9 Å². The highest BCUT2D eigenvalue weighted by atomic mass is 35.5. The second-order valence-corrected chi connectivity index (χ2v) is 9.37. The second-order valence-electron chi connectivity index (χ2n) is 8.96. The summed E-state index contributed by atoms with van der Waals surface area (Å²) in [6.07, 6.45) is 2.05. The van der Waals surface area contributed by atoms with E-state index in [9.17, 15) is 14.0 Å². The van der Waals surface area contributed by atoms with Gasteiger partial charge in [0, 0.05) is 47.9 Å². The third kappa shape index (κ3) is 4.05. The SMILES string of the molecule is C[C@@H](OCc1ccc2c(-c3ccc(F)cc3Cl)c[nH]c(=O)c2c1)C(=O)N1CC2CC1CN2C. The molecule has 0 spiro atoms. The van der Waals surface area contributed by atoms with Gasteiger partial charge in [0.1, 0.15) is 11.9 Å². The highest BCUT2D eigenvalue weighted by molar-refractivity contribution is 6.33. The maximum Gasteiger partial charge on any atom is 0.255 e. The fraction of sp³-hybridized carbons (Fsp3) is 0.360. The number of halogens is 2. The monoisotopic (exact) mass is 469 g/mol. The molecule has 1 amide bonds. The molecule has 3 atom stereocenters. The molecule has 2 unspecified atom stereocenters. The fourth-order valence-corrected chi connectivity index (χ4v) is 5.26. The van der Waals surface area contributed by atoms with Gasteiger partial charge in [0.25, 0.3) is 11.5 Å². The molecule has 8 heteroatoms. The zero-order chi connectivity index (χ0) is 23.3. The third-order valence-corrected chi connectivity index (χ3v) is 7.15. The van der Waals surface area contributed by atoms with Gasteiger partial charge in [-0.15, -0.1) is 0 Å². The quantitative estimate of drug-likeness (QED) is 0.617. The summed E-state index contributed by atoms with van der Waals surface area (Å²) in [4.78, 5) is 32.4. The average molecular weight is 470 g/mol. The summed E-state index contributed by atoms with van der Waals surface area (Å²) in [7, 11) is 2.10. The Morgan fingerprint density at radius 3 is 2.70 bits per heavy atom. The van der Waals surface area contributed by atoms with Crippen molar-refractivity contribution in [1.29, 1.82) is 0 Å². The first-order chi connectivity index (χ1) is 15.8. The molecule has 5 rings (SSSR count). The number of aromatic nitrogens is 1. The highest BCUT2D eigenvalue weighted by Gasteiger charge is 2.44. The fourth-order valence-electron chi connectivity index (χ4n) is 4.99. The van der Waals surface area contributed by atoms with Gasteiger partial charge in [-0.2, -0.15) is 0 Å². The van der Waals surface area contributed by atoms with E-state index >= 15 is 0 Å². The second kappa shape index (κ2) is 8.56. The Labute approximate surface area is 195 Å². The number of piperazine rings is 1. The van der Waals surface area contributed by atoms with E-state index in [0.29, 0.717) is 27.9 Å². The normalized spacial score (nSPS) is 21.2. The standard InChI is InChI=1S/C25H25ClFN3O3/c1-14(25(32)30-12-17-9-18(30)11-29(17)2)33-13-15-3-5-19-21(7-15)24(31)28-10-22(19)20-6-4-16(27)8-23(20)26/h3-8,10,14,17-18H,9,11-13H2,1-2H3,(H,28,31)/t14-,17?,18?/m1/s1. The van der Waals surface area contributed by atoms with E-state index in [1.54, 1.807) is 25.3 Å². The largest absolute Gasteiger partial charge is 0.364 e. The van der Waals surface area contributed by atoms with Crippen LogP contribution in [0, 0.1) is 5.82 Å². The minimum Gasteiger partial charge on any atom is -0.364 e. The van der Waals surface area contributed by atoms with Crippen LogP contribution in [0.25, 0.3) is 21.9 Å². The van der Waals surface area contributed by atoms with Crippen molar-refractivity contribution in [3.05, 3.63) is 69.4 Å². The molecular weight excluding hydrogens is 445 g/mol. The van der Waals surface area contributed by atoms with E-state index in [-0.39, 0.29) is 29.1 Å². The average Bonchev–Trinajstić information content (AvgIpc) is 3.37. The van der Waals surface area contributed by atoms with Gasteiger partial charge < -0.3 is 14.6 Å². The molecule has 2 aliphatic heterocycles. The lowest BCUT2D eigenvalue weighted by Gasteiger charge is -2.33. The summed E-state index contributed by atoms with van der Waals surface area (Å²) < 4.78 is 19.4. The number of rotatable bonds is 5. The third-order valence-electron chi connectivity index (χ3n) is 6.83. The number of benzene rings is 2. The molecule has 172 valence electrons. The number of fused-ring (bicyclic) bond motifs is 3. The van der Waals surface area contributed by atoms with E-state index in [1.807, 2.05) is 17.0 Å². The van der Waals surface area contributed by atoms with Crippen molar-refractivity contribution in [2.75, 3.05) is 20.1 Å². The molecule has 2 fully saturated rings. The van der Waals surface area contributed by atoms with Crippen molar-refractivity contribution in [2.24, 2.45) is 0 Å². The van der Waals surface area contributed by atoms with Crippen molar-refractivity contribution in [3.8, 4) is 11.1 Å². The number of aromatic amines is 1. The molecule has 0 saturated carbocycles. The Morgan fingerprint density at radius 1 is 1.18 bits per heavy atom. The minimum atomic E-state index is -0.562. The first kappa shape index (κ1) is 22.1. The van der Waals surface area contributed by atoms with Gasteiger partial charge in [-0.25, -0.2) is 4.39 Å². The lowest BCUT2D eigenvalue weighted by Crippen LogP contribution is -2.50. The Balaban J connectivity index is 1.34. The number of hydrogen-bond acceptors (Lipinski definition) is 4. The number of nitrogens with one attached hydrogen (secondary N) is 1. The summed E-state index contributed by atoms with van der Waals surface area (Å²) in [5, 5.41) is 1.45. The molecule has 2 saturated heterocycles. The van der Waals surface area contributed by atoms with Gasteiger partial charge in [0.2, 0.25) is 0 Å². The number of pyridine rings is 1. The molecule has 1 N–H and O–H groups in total. The molecule has 2 bridgehead atoms. The molecule has 2 aromatic carbocycles. The lowest BCUT2D eigenvalue weighted by molar-refractivity contribution is -0.145. The molecule has 6 nitrogen and oxygen atoms in total. The van der Waals surface area contributed by atoms with Crippen LogP contribution in [0.4, 0.5) is 4.39 Å². The van der Waals surface area contributed by atoms with Gasteiger partial charge in [0.05, 0.1) is 11.6 Å². The van der Waals surface area contributed by atoms with Crippen LogP contribution < -0.4 is 5.56 Å². The first-order valence-corrected chi connectivity index (χ1v) is 11.4. The van der Waals surface area contributed by atoms with Crippen molar-refractivity contribution in [2.45, 2.75) is 38.1 Å². The number of hydrogen-bond donors (Lipinski definition) is 1. The van der Waals surface area contributed by atoms with Gasteiger partial charge >= 0.3 is 0 Å². The molecule has 2 aliphatic rings. The summed E-state index contributed by atoms with van der Waals surface area (Å²) in [6, 6.07) is 10.4. The van der Waals surface area contributed by atoms with Gasteiger partial charge in [-0.1, -0.05) is 23.7 Å². The number of likely N-dealkylation sites (N-methyl/N-ethyl adjacent to an activating group) is 1. The highest BCUT2D eigenvalue weighted by Crippen LogP contribution is 2.33. The number of ether oxygens (including phenoxy) is 1. The molecule has 33 heavy (non-hydrogen) atoms. The van der Waals surface area contributed by atoms with Crippen LogP contribution in [-0.2, 0) is 16.1 Å². The van der Waals surface area contributed by atoms with Crippen molar-refractivity contribution >= 4 is 28.3 Å². The van der Waals surface area contributed by atoms with Gasteiger partial charge in [-0.05, 0) is 55.6 Å². The topological polar surface area (TPSA) is 65.6 Å². The van der Waals surface area contributed by atoms with Gasteiger partial charge in [0.15, 0.2) is 0 Å². The van der Waals surface area contributed by atoms with E-state index in [4.69, 9.17) is 16.3 Å². The Bertz CT molecular complexity index is 1290. The van der Waals surface area contributed by atoms with Gasteiger partial charge in [-0.3, -0.25) is 14.5 Å². The number of nitrogens with zero attached hydrogens (tertiary/aromatic N) is 2. The molecule has 0 radical (unpaired) electrons. The van der Waals surface area contributed by atoms with Crippen LogP contribution in [-0.4, -0.2) is 59.0 Å². The van der Waals surface area contributed by atoms with E-state index in [0.717, 1.165) is 25.1 Å². The zero-order valence-corrected chi connectivity index (χ0v) is 19.2. The van der Waals surface area contributed by atoms with Crippen LogP contribution in [0.5, 0.6) is 0 Å². The van der Waals surface area contributed by atoms with E-state index in [2.05, 4.69) is 16.9 Å². The summed E-state index contributed by atoms with van der Waals surface area (Å²) in [5.41, 5.74) is 1.89. The lowest BCUT2D eigenvalue weighted by atomic mass is 9.99.